The van der Waals surface area contributed by atoms with E-state index in [1.165, 1.54) is 30.6 Å². The summed E-state index contributed by atoms with van der Waals surface area (Å²) in [4.78, 5) is 7.21. The molecule has 0 radical (unpaired) electrons. The summed E-state index contributed by atoms with van der Waals surface area (Å²) in [5, 5.41) is 4.10. The number of aryl methyl sites for hydroxylation is 3. The molecule has 1 aliphatic rings. The van der Waals surface area contributed by atoms with Crippen LogP contribution in [0, 0.1) is 6.92 Å². The second-order valence-electron chi connectivity index (χ2n) is 5.50. The van der Waals surface area contributed by atoms with Gasteiger partial charge in [-0.2, -0.15) is 0 Å². The van der Waals surface area contributed by atoms with Crippen molar-refractivity contribution in [2.45, 2.75) is 45.6 Å². The Bertz CT molecular complexity index is 597. The molecule has 0 saturated carbocycles. The van der Waals surface area contributed by atoms with E-state index in [1.54, 1.807) is 16.6 Å². The molecular formula is C16H19ClN2S. The third kappa shape index (κ3) is 2.84. The number of rotatable bonds is 3. The van der Waals surface area contributed by atoms with E-state index in [-0.39, 0.29) is 0 Å². The van der Waals surface area contributed by atoms with Crippen LogP contribution in [0.25, 0.3) is 0 Å². The lowest BCUT2D eigenvalue weighted by molar-refractivity contribution is 0.696. The Morgan fingerprint density at radius 2 is 2.10 bits per heavy atom. The van der Waals surface area contributed by atoms with Gasteiger partial charge in [-0.1, -0.05) is 11.6 Å². The second kappa shape index (κ2) is 5.74. The van der Waals surface area contributed by atoms with E-state index in [4.69, 9.17) is 11.6 Å². The number of nitrogens with one attached hydrogen (secondary N) is 1. The summed E-state index contributed by atoms with van der Waals surface area (Å²) in [6.07, 6.45) is 6.99. The highest BCUT2D eigenvalue weighted by molar-refractivity contribution is 7.12. The number of fused-ring (bicyclic) bond motifs is 1. The Hall–Kier alpha value is -1.06. The lowest BCUT2D eigenvalue weighted by atomic mass is 9.99. The number of halogens is 1. The molecule has 0 fully saturated rings. The Morgan fingerprint density at radius 1 is 1.30 bits per heavy atom. The molecule has 2 nitrogen and oxygen atoms in total. The summed E-state index contributed by atoms with van der Waals surface area (Å²) in [6, 6.07) is 4.75. The average molecular weight is 307 g/mol. The number of aromatic nitrogens is 1. The SMILES string of the molecule is Cc1cc(NC(C)c2cc3c(s2)CCCC3)cnc1Cl. The first-order chi connectivity index (χ1) is 9.63. The van der Waals surface area contributed by atoms with Crippen LogP contribution in [0.2, 0.25) is 5.15 Å². The van der Waals surface area contributed by atoms with E-state index in [1.807, 2.05) is 18.3 Å². The Labute approximate surface area is 129 Å². The maximum absolute atomic E-state index is 5.97. The van der Waals surface area contributed by atoms with E-state index < -0.39 is 0 Å². The van der Waals surface area contributed by atoms with E-state index in [0.29, 0.717) is 11.2 Å². The number of thiophene rings is 1. The molecule has 1 unspecified atom stereocenters. The van der Waals surface area contributed by atoms with Crippen molar-refractivity contribution in [1.82, 2.24) is 4.98 Å². The van der Waals surface area contributed by atoms with E-state index in [2.05, 4.69) is 29.4 Å². The van der Waals surface area contributed by atoms with Crippen molar-refractivity contribution < 1.29 is 0 Å². The lowest BCUT2D eigenvalue weighted by Gasteiger charge is -2.14. The molecule has 0 bridgehead atoms. The molecule has 2 aromatic heterocycles. The highest BCUT2D eigenvalue weighted by atomic mass is 35.5. The van der Waals surface area contributed by atoms with Gasteiger partial charge in [0.1, 0.15) is 5.15 Å². The monoisotopic (exact) mass is 306 g/mol. The van der Waals surface area contributed by atoms with Crippen molar-refractivity contribution in [1.29, 1.82) is 0 Å². The Balaban J connectivity index is 1.76. The molecule has 0 spiro atoms. The van der Waals surface area contributed by atoms with Crippen LogP contribution in [0.1, 0.15) is 46.7 Å². The van der Waals surface area contributed by atoms with Crippen LogP contribution < -0.4 is 5.32 Å². The highest BCUT2D eigenvalue weighted by Gasteiger charge is 2.16. The summed E-state index contributed by atoms with van der Waals surface area (Å²) in [5.74, 6) is 0. The molecule has 0 aliphatic heterocycles. The molecule has 1 atom stereocenters. The standard InChI is InChI=1S/C16H19ClN2S/c1-10-7-13(9-18-16(10)17)19-11(2)15-8-12-5-3-4-6-14(12)20-15/h7-9,11,19H,3-6H2,1-2H3. The van der Waals surface area contributed by atoms with Crippen LogP contribution in [-0.2, 0) is 12.8 Å². The summed E-state index contributed by atoms with van der Waals surface area (Å²) in [7, 11) is 0. The number of hydrogen-bond donors (Lipinski definition) is 1. The van der Waals surface area contributed by atoms with Gasteiger partial charge < -0.3 is 5.32 Å². The fourth-order valence-electron chi connectivity index (χ4n) is 2.69. The molecule has 1 N–H and O–H groups in total. The van der Waals surface area contributed by atoms with Crippen LogP contribution in [0.15, 0.2) is 18.3 Å². The van der Waals surface area contributed by atoms with Crippen molar-refractivity contribution >= 4 is 28.6 Å². The predicted molar refractivity (Wildman–Crippen MR) is 87.0 cm³/mol. The zero-order chi connectivity index (χ0) is 14.1. The smallest absolute Gasteiger partial charge is 0.132 e. The number of pyridine rings is 1. The summed E-state index contributed by atoms with van der Waals surface area (Å²) in [6.45, 7) is 4.19. The first-order valence-electron chi connectivity index (χ1n) is 7.13. The number of anilines is 1. The van der Waals surface area contributed by atoms with Crippen LogP contribution in [0.4, 0.5) is 5.69 Å². The number of nitrogens with zero attached hydrogens (tertiary/aromatic N) is 1. The molecule has 0 amide bonds. The van der Waals surface area contributed by atoms with Crippen molar-refractivity contribution in [3.8, 4) is 0 Å². The third-order valence-corrected chi connectivity index (χ3v) is 5.66. The van der Waals surface area contributed by atoms with Crippen molar-refractivity contribution in [2.75, 3.05) is 5.32 Å². The molecule has 20 heavy (non-hydrogen) atoms. The van der Waals surface area contributed by atoms with E-state index in [0.717, 1.165) is 11.3 Å². The predicted octanol–water partition coefficient (Wildman–Crippen LogP) is 5.16. The van der Waals surface area contributed by atoms with Gasteiger partial charge in [0.05, 0.1) is 17.9 Å². The fourth-order valence-corrected chi connectivity index (χ4v) is 4.05. The normalized spacial score (nSPS) is 15.8. The second-order valence-corrected chi connectivity index (χ2v) is 7.03. The van der Waals surface area contributed by atoms with Crippen molar-refractivity contribution in [3.05, 3.63) is 44.4 Å². The van der Waals surface area contributed by atoms with Gasteiger partial charge in [0.15, 0.2) is 0 Å². The van der Waals surface area contributed by atoms with Gasteiger partial charge in [-0.3, -0.25) is 0 Å². The number of hydrogen-bond acceptors (Lipinski definition) is 3. The largest absolute Gasteiger partial charge is 0.376 e. The lowest BCUT2D eigenvalue weighted by Crippen LogP contribution is -2.05. The van der Waals surface area contributed by atoms with Gasteiger partial charge in [0.25, 0.3) is 0 Å². The molecule has 2 heterocycles. The van der Waals surface area contributed by atoms with Crippen molar-refractivity contribution in [3.63, 3.8) is 0 Å². The molecule has 0 aromatic carbocycles. The zero-order valence-electron chi connectivity index (χ0n) is 11.9. The minimum Gasteiger partial charge on any atom is -0.376 e. The van der Waals surface area contributed by atoms with Gasteiger partial charge in [0, 0.05) is 9.75 Å². The minimum atomic E-state index is 0.313. The molecule has 3 rings (SSSR count). The fraction of sp³-hybridized carbons (Fsp3) is 0.438. The van der Waals surface area contributed by atoms with E-state index >= 15 is 0 Å². The first-order valence-corrected chi connectivity index (χ1v) is 8.33. The van der Waals surface area contributed by atoms with Crippen LogP contribution >= 0.6 is 22.9 Å². The van der Waals surface area contributed by atoms with Crippen LogP contribution in [0.3, 0.4) is 0 Å². The Kier molecular flexibility index (Phi) is 3.99. The van der Waals surface area contributed by atoms with Crippen LogP contribution in [-0.4, -0.2) is 4.98 Å². The third-order valence-electron chi connectivity index (χ3n) is 3.84. The topological polar surface area (TPSA) is 24.9 Å². The Morgan fingerprint density at radius 3 is 2.85 bits per heavy atom. The van der Waals surface area contributed by atoms with Gasteiger partial charge >= 0.3 is 0 Å². The molecule has 1 aliphatic carbocycles. The summed E-state index contributed by atoms with van der Waals surface area (Å²) < 4.78 is 0. The first kappa shape index (κ1) is 13.9. The van der Waals surface area contributed by atoms with Gasteiger partial charge in [-0.15, -0.1) is 11.3 Å². The van der Waals surface area contributed by atoms with E-state index in [9.17, 15) is 0 Å². The van der Waals surface area contributed by atoms with Gasteiger partial charge in [-0.25, -0.2) is 4.98 Å². The molecule has 0 saturated heterocycles. The quantitative estimate of drug-likeness (QED) is 0.793. The minimum absolute atomic E-state index is 0.313. The summed E-state index contributed by atoms with van der Waals surface area (Å²) in [5.41, 5.74) is 3.61. The van der Waals surface area contributed by atoms with Crippen LogP contribution in [0.5, 0.6) is 0 Å². The summed E-state index contributed by atoms with van der Waals surface area (Å²) >= 11 is 7.93. The highest BCUT2D eigenvalue weighted by Crippen LogP contribution is 2.34. The molecule has 106 valence electrons. The molecule has 4 heteroatoms. The average Bonchev–Trinajstić information content (AvgIpc) is 2.87. The zero-order valence-corrected chi connectivity index (χ0v) is 13.4. The maximum Gasteiger partial charge on any atom is 0.132 e. The van der Waals surface area contributed by atoms with Gasteiger partial charge in [0.2, 0.25) is 0 Å². The van der Waals surface area contributed by atoms with Crippen molar-refractivity contribution in [2.24, 2.45) is 0 Å². The molecular weight excluding hydrogens is 288 g/mol. The maximum atomic E-state index is 5.97. The van der Waals surface area contributed by atoms with Gasteiger partial charge in [-0.05, 0) is 62.8 Å². The molecule has 2 aromatic rings.